The first-order valence-electron chi connectivity index (χ1n) is 6.82. The molecule has 106 valence electrons. The molecular formula is C15H17BrClN3. The van der Waals surface area contributed by atoms with Crippen LogP contribution in [0.1, 0.15) is 44.5 Å². The third-order valence-electron chi connectivity index (χ3n) is 3.59. The molecule has 3 nitrogen and oxygen atoms in total. The average molecular weight is 355 g/mol. The predicted octanol–water partition coefficient (Wildman–Crippen LogP) is 5.01. The van der Waals surface area contributed by atoms with Crippen LogP contribution in [0.5, 0.6) is 0 Å². The number of nitrogens with two attached hydrogens (primary N) is 1. The van der Waals surface area contributed by atoms with Crippen molar-refractivity contribution in [3.63, 3.8) is 0 Å². The number of hydrogen-bond acceptors (Lipinski definition) is 2. The predicted molar refractivity (Wildman–Crippen MR) is 87.1 cm³/mol. The maximum Gasteiger partial charge on any atom is 0.132 e. The zero-order valence-corrected chi connectivity index (χ0v) is 13.9. The lowest BCUT2D eigenvalue weighted by Crippen LogP contribution is -2.06. The van der Waals surface area contributed by atoms with Gasteiger partial charge in [0.2, 0.25) is 0 Å². The molecule has 0 atom stereocenters. The Kier molecular flexibility index (Phi) is 3.55. The third kappa shape index (κ3) is 2.35. The summed E-state index contributed by atoms with van der Waals surface area (Å²) in [5, 5.41) is 0.699. The molecule has 1 aromatic carbocycles. The van der Waals surface area contributed by atoms with Gasteiger partial charge in [0, 0.05) is 27.0 Å². The van der Waals surface area contributed by atoms with E-state index in [1.165, 1.54) is 12.8 Å². The number of imidazole rings is 1. The van der Waals surface area contributed by atoms with Gasteiger partial charge in [0.25, 0.3) is 0 Å². The number of nitrogens with zero attached hydrogens (tertiary/aromatic N) is 2. The number of rotatable bonds is 3. The molecule has 3 rings (SSSR count). The zero-order valence-electron chi connectivity index (χ0n) is 11.5. The second-order valence-corrected chi connectivity index (χ2v) is 6.87. The number of nitrogen functional groups attached to an aromatic ring is 1. The van der Waals surface area contributed by atoms with Crippen LogP contribution in [0.2, 0.25) is 5.02 Å². The van der Waals surface area contributed by atoms with Crippen LogP contribution in [-0.2, 0) is 0 Å². The lowest BCUT2D eigenvalue weighted by atomic mass is 10.1. The summed E-state index contributed by atoms with van der Waals surface area (Å²) in [6.07, 6.45) is 2.39. The highest BCUT2D eigenvalue weighted by molar-refractivity contribution is 9.10. The minimum atomic E-state index is 0.359. The van der Waals surface area contributed by atoms with Crippen LogP contribution in [0.4, 0.5) is 5.82 Å². The minimum Gasteiger partial charge on any atom is -0.383 e. The Balaban J connectivity index is 2.16. The largest absolute Gasteiger partial charge is 0.383 e. The van der Waals surface area contributed by atoms with Gasteiger partial charge < -0.3 is 10.3 Å². The van der Waals surface area contributed by atoms with Gasteiger partial charge >= 0.3 is 0 Å². The van der Waals surface area contributed by atoms with E-state index in [1.54, 1.807) is 0 Å². The average Bonchev–Trinajstić information content (AvgIpc) is 3.14. The molecule has 1 heterocycles. The molecule has 0 unspecified atom stereocenters. The zero-order chi connectivity index (χ0) is 14.4. The van der Waals surface area contributed by atoms with Crippen LogP contribution in [0, 0.1) is 0 Å². The van der Waals surface area contributed by atoms with Gasteiger partial charge in [0.1, 0.15) is 17.3 Å². The van der Waals surface area contributed by atoms with Crippen molar-refractivity contribution >= 4 is 33.3 Å². The van der Waals surface area contributed by atoms with E-state index in [2.05, 4.69) is 34.3 Å². The first kappa shape index (κ1) is 14.0. The first-order valence-corrected chi connectivity index (χ1v) is 7.99. The van der Waals surface area contributed by atoms with E-state index in [0.717, 1.165) is 27.4 Å². The molecular weight excluding hydrogens is 338 g/mol. The lowest BCUT2D eigenvalue weighted by Gasteiger charge is -2.10. The molecule has 0 saturated heterocycles. The van der Waals surface area contributed by atoms with Crippen molar-refractivity contribution in [3.8, 4) is 11.3 Å². The molecule has 1 saturated carbocycles. The van der Waals surface area contributed by atoms with Crippen molar-refractivity contribution in [1.29, 1.82) is 0 Å². The monoisotopic (exact) mass is 353 g/mol. The van der Waals surface area contributed by atoms with Crippen LogP contribution in [0.3, 0.4) is 0 Å². The van der Waals surface area contributed by atoms with Crippen molar-refractivity contribution in [2.45, 2.75) is 38.6 Å². The van der Waals surface area contributed by atoms with Gasteiger partial charge in [-0.2, -0.15) is 0 Å². The van der Waals surface area contributed by atoms with Gasteiger partial charge in [-0.3, -0.25) is 0 Å². The fraction of sp³-hybridized carbons (Fsp3) is 0.400. The summed E-state index contributed by atoms with van der Waals surface area (Å²) in [5.74, 6) is 2.19. The molecule has 0 bridgehead atoms. The van der Waals surface area contributed by atoms with E-state index in [0.29, 0.717) is 17.0 Å². The van der Waals surface area contributed by atoms with E-state index < -0.39 is 0 Å². The smallest absolute Gasteiger partial charge is 0.132 e. The minimum absolute atomic E-state index is 0.359. The molecule has 1 aliphatic rings. The topological polar surface area (TPSA) is 43.8 Å². The molecule has 1 aromatic heterocycles. The summed E-state index contributed by atoms with van der Waals surface area (Å²) in [6, 6.07) is 6.24. The van der Waals surface area contributed by atoms with Crippen molar-refractivity contribution < 1.29 is 0 Å². The maximum absolute atomic E-state index is 6.37. The molecule has 2 aromatic rings. The Hall–Kier alpha value is -1.00. The maximum atomic E-state index is 6.37. The second-order valence-electron chi connectivity index (χ2n) is 5.58. The van der Waals surface area contributed by atoms with Gasteiger partial charge in [-0.05, 0) is 25.0 Å². The molecule has 0 aliphatic heterocycles. The number of benzene rings is 1. The van der Waals surface area contributed by atoms with E-state index in [1.807, 2.05) is 18.2 Å². The molecule has 0 spiro atoms. The van der Waals surface area contributed by atoms with Crippen LogP contribution in [0.15, 0.2) is 22.7 Å². The normalized spacial score (nSPS) is 15.1. The molecule has 0 radical (unpaired) electrons. The number of halogens is 2. The Bertz CT molecular complexity index is 659. The molecule has 5 heteroatoms. The van der Waals surface area contributed by atoms with Crippen molar-refractivity contribution in [3.05, 3.63) is 33.5 Å². The first-order chi connectivity index (χ1) is 9.49. The van der Waals surface area contributed by atoms with Crippen LogP contribution >= 0.6 is 27.5 Å². The number of aromatic nitrogens is 2. The summed E-state index contributed by atoms with van der Waals surface area (Å²) < 4.78 is 3.13. The Morgan fingerprint density at radius 1 is 1.40 bits per heavy atom. The molecule has 0 amide bonds. The van der Waals surface area contributed by atoms with E-state index >= 15 is 0 Å². The van der Waals surface area contributed by atoms with Gasteiger partial charge in [-0.1, -0.05) is 47.4 Å². The van der Waals surface area contributed by atoms with Crippen molar-refractivity contribution in [1.82, 2.24) is 9.55 Å². The van der Waals surface area contributed by atoms with Crippen LogP contribution in [-0.4, -0.2) is 9.55 Å². The molecule has 1 fully saturated rings. The van der Waals surface area contributed by atoms with E-state index in [9.17, 15) is 0 Å². The summed E-state index contributed by atoms with van der Waals surface area (Å²) in [4.78, 5) is 4.80. The van der Waals surface area contributed by atoms with Gasteiger partial charge in [0.05, 0.1) is 0 Å². The van der Waals surface area contributed by atoms with Gasteiger partial charge in [-0.25, -0.2) is 4.98 Å². The standard InChI is InChI=1S/C15H17BrClN3/c1-8(2)15-19-13(14(18)20(15)10-4-5-10)11-6-3-9(17)7-12(11)16/h3,6-8,10H,4-5,18H2,1-2H3. The Morgan fingerprint density at radius 3 is 2.65 bits per heavy atom. The van der Waals surface area contributed by atoms with E-state index in [4.69, 9.17) is 22.3 Å². The molecule has 20 heavy (non-hydrogen) atoms. The Morgan fingerprint density at radius 2 is 2.10 bits per heavy atom. The highest BCUT2D eigenvalue weighted by Gasteiger charge is 2.31. The number of anilines is 1. The summed E-state index contributed by atoms with van der Waals surface area (Å²) in [5.41, 5.74) is 8.21. The van der Waals surface area contributed by atoms with Crippen molar-refractivity contribution in [2.24, 2.45) is 0 Å². The van der Waals surface area contributed by atoms with Crippen molar-refractivity contribution in [2.75, 3.05) is 5.73 Å². The summed E-state index contributed by atoms with van der Waals surface area (Å²) >= 11 is 9.56. The molecule has 2 N–H and O–H groups in total. The van der Waals surface area contributed by atoms with Crippen LogP contribution in [0.25, 0.3) is 11.3 Å². The number of hydrogen-bond donors (Lipinski definition) is 1. The quantitative estimate of drug-likeness (QED) is 0.842. The highest BCUT2D eigenvalue weighted by atomic mass is 79.9. The fourth-order valence-electron chi connectivity index (χ4n) is 2.47. The van der Waals surface area contributed by atoms with Gasteiger partial charge in [-0.15, -0.1) is 0 Å². The fourth-order valence-corrected chi connectivity index (χ4v) is 3.34. The summed E-state index contributed by atoms with van der Waals surface area (Å²) in [6.45, 7) is 4.31. The van der Waals surface area contributed by atoms with Crippen LogP contribution < -0.4 is 5.73 Å². The second kappa shape index (κ2) is 5.08. The summed E-state index contributed by atoms with van der Waals surface area (Å²) in [7, 11) is 0. The lowest BCUT2D eigenvalue weighted by molar-refractivity contribution is 0.646. The SMILES string of the molecule is CC(C)c1nc(-c2ccc(Cl)cc2Br)c(N)n1C1CC1. The third-order valence-corrected chi connectivity index (χ3v) is 4.48. The van der Waals surface area contributed by atoms with Gasteiger partial charge in [0.15, 0.2) is 0 Å². The molecule has 1 aliphatic carbocycles. The highest BCUT2D eigenvalue weighted by Crippen LogP contribution is 2.43. The Labute approximate surface area is 132 Å². The van der Waals surface area contributed by atoms with E-state index in [-0.39, 0.29) is 0 Å².